The van der Waals surface area contributed by atoms with Crippen LogP contribution >= 0.6 is 24.0 Å². The third-order valence-electron chi connectivity index (χ3n) is 5.70. The normalized spacial score (nSPS) is 18.2. The molecule has 3 N–H and O–H groups in total. The molecule has 0 unspecified atom stereocenters. The number of phenolic OH excluding ortho intramolecular Hbond substituents is 1. The zero-order valence-electron chi connectivity index (χ0n) is 17.3. The molecule has 1 amide bonds. The lowest BCUT2D eigenvalue weighted by atomic mass is 9.89. The van der Waals surface area contributed by atoms with E-state index < -0.39 is 0 Å². The molecule has 1 aromatic rings. The zero-order valence-corrected chi connectivity index (χ0v) is 19.6. The van der Waals surface area contributed by atoms with Gasteiger partial charge in [-0.1, -0.05) is 31.4 Å². The quantitative estimate of drug-likeness (QED) is 0.243. The van der Waals surface area contributed by atoms with Crippen molar-refractivity contribution in [2.45, 2.75) is 32.1 Å². The third kappa shape index (κ3) is 6.65. The van der Waals surface area contributed by atoms with Gasteiger partial charge in [-0.3, -0.25) is 9.79 Å². The Bertz CT molecular complexity index is 671. The maximum atomic E-state index is 12.2. The largest absolute Gasteiger partial charge is 0.506 e. The molecule has 2 aliphatic rings. The van der Waals surface area contributed by atoms with Crippen molar-refractivity contribution >= 4 is 41.5 Å². The van der Waals surface area contributed by atoms with Crippen LogP contribution in [0.1, 0.15) is 32.1 Å². The average Bonchev–Trinajstić information content (AvgIpc) is 2.75. The summed E-state index contributed by atoms with van der Waals surface area (Å²) in [6.45, 7) is 4.62. The number of hydrogen-bond donors (Lipinski definition) is 3. The number of para-hydroxylation sites is 2. The lowest BCUT2D eigenvalue weighted by Crippen LogP contribution is -2.53. The third-order valence-corrected chi connectivity index (χ3v) is 5.70. The fraction of sp³-hybridized carbons (Fsp3) is 0.619. The van der Waals surface area contributed by atoms with Crippen LogP contribution in [0.3, 0.4) is 0 Å². The fourth-order valence-corrected chi connectivity index (χ4v) is 4.09. The number of benzene rings is 1. The van der Waals surface area contributed by atoms with Gasteiger partial charge < -0.3 is 25.5 Å². The van der Waals surface area contributed by atoms with Crippen LogP contribution in [0.25, 0.3) is 0 Å². The Morgan fingerprint density at radius 1 is 1.07 bits per heavy atom. The Kier molecular flexibility index (Phi) is 9.83. The Balaban J connectivity index is 0.00000300. The van der Waals surface area contributed by atoms with Crippen molar-refractivity contribution in [3.05, 3.63) is 24.3 Å². The number of guanidine groups is 1. The Morgan fingerprint density at radius 2 is 1.72 bits per heavy atom. The van der Waals surface area contributed by atoms with E-state index in [1.165, 1.54) is 19.3 Å². The molecule has 162 valence electrons. The predicted octanol–water partition coefficient (Wildman–Crippen LogP) is 2.40. The SMILES string of the molecule is CN=C(NCCNC(=O)C1CCCCC1)N1CCN(c2ccccc2O)CC1.I. The van der Waals surface area contributed by atoms with Gasteiger partial charge in [0.05, 0.1) is 5.69 Å². The van der Waals surface area contributed by atoms with Crippen LogP contribution in [-0.2, 0) is 4.79 Å². The molecule has 1 heterocycles. The molecule has 8 heteroatoms. The van der Waals surface area contributed by atoms with Crippen molar-refractivity contribution in [1.29, 1.82) is 0 Å². The number of nitrogens with one attached hydrogen (secondary N) is 2. The first-order valence-corrected chi connectivity index (χ1v) is 10.5. The number of aromatic hydroxyl groups is 1. The van der Waals surface area contributed by atoms with Gasteiger partial charge in [0.15, 0.2) is 5.96 Å². The number of aliphatic imine (C=N–C) groups is 1. The van der Waals surface area contributed by atoms with Crippen molar-refractivity contribution in [3.8, 4) is 5.75 Å². The highest BCUT2D eigenvalue weighted by atomic mass is 127. The summed E-state index contributed by atoms with van der Waals surface area (Å²) in [6, 6.07) is 7.47. The van der Waals surface area contributed by atoms with E-state index in [1.807, 2.05) is 18.2 Å². The van der Waals surface area contributed by atoms with E-state index in [2.05, 4.69) is 25.4 Å². The molecule has 1 saturated carbocycles. The number of halogens is 1. The summed E-state index contributed by atoms with van der Waals surface area (Å²) in [4.78, 5) is 21.0. The van der Waals surface area contributed by atoms with Gasteiger partial charge in [0.1, 0.15) is 5.75 Å². The molecule has 0 aromatic heterocycles. The topological polar surface area (TPSA) is 80.2 Å². The Labute approximate surface area is 191 Å². The van der Waals surface area contributed by atoms with Gasteiger partial charge in [-0.15, -0.1) is 24.0 Å². The molecule has 1 saturated heterocycles. The highest BCUT2D eigenvalue weighted by Crippen LogP contribution is 2.27. The number of hydrogen-bond acceptors (Lipinski definition) is 4. The molecular formula is C21H34IN5O2. The maximum absolute atomic E-state index is 12.2. The van der Waals surface area contributed by atoms with Crippen molar-refractivity contribution in [1.82, 2.24) is 15.5 Å². The van der Waals surface area contributed by atoms with Gasteiger partial charge in [-0.2, -0.15) is 0 Å². The van der Waals surface area contributed by atoms with Crippen molar-refractivity contribution in [3.63, 3.8) is 0 Å². The van der Waals surface area contributed by atoms with E-state index >= 15 is 0 Å². The number of rotatable bonds is 5. The molecule has 3 rings (SSSR count). The van der Waals surface area contributed by atoms with E-state index in [0.29, 0.717) is 18.8 Å². The van der Waals surface area contributed by atoms with Crippen molar-refractivity contribution in [2.75, 3.05) is 51.2 Å². The van der Waals surface area contributed by atoms with Crippen LogP contribution in [0, 0.1) is 5.92 Å². The molecule has 7 nitrogen and oxygen atoms in total. The van der Waals surface area contributed by atoms with Crippen molar-refractivity contribution in [2.24, 2.45) is 10.9 Å². The number of anilines is 1. The van der Waals surface area contributed by atoms with E-state index in [-0.39, 0.29) is 35.8 Å². The van der Waals surface area contributed by atoms with E-state index in [1.54, 1.807) is 13.1 Å². The number of piperazine rings is 1. The van der Waals surface area contributed by atoms with E-state index in [9.17, 15) is 9.90 Å². The molecule has 1 aliphatic carbocycles. The first-order valence-electron chi connectivity index (χ1n) is 10.5. The molecule has 0 atom stereocenters. The van der Waals surface area contributed by atoms with Crippen LogP contribution in [0.15, 0.2) is 29.3 Å². The summed E-state index contributed by atoms with van der Waals surface area (Å²) in [6.07, 6.45) is 5.68. The number of carbonyl (C=O) groups excluding carboxylic acids is 1. The second kappa shape index (κ2) is 12.1. The highest BCUT2D eigenvalue weighted by Gasteiger charge is 2.22. The smallest absolute Gasteiger partial charge is 0.223 e. The van der Waals surface area contributed by atoms with Gasteiger partial charge in [0.25, 0.3) is 0 Å². The summed E-state index contributed by atoms with van der Waals surface area (Å²) in [5.41, 5.74) is 0.885. The lowest BCUT2D eigenvalue weighted by Gasteiger charge is -2.37. The van der Waals surface area contributed by atoms with Crippen LogP contribution in [-0.4, -0.2) is 68.2 Å². The number of amides is 1. The van der Waals surface area contributed by atoms with Crippen LogP contribution < -0.4 is 15.5 Å². The lowest BCUT2D eigenvalue weighted by molar-refractivity contribution is -0.125. The molecular weight excluding hydrogens is 481 g/mol. The molecule has 2 fully saturated rings. The summed E-state index contributed by atoms with van der Waals surface area (Å²) < 4.78 is 0. The van der Waals surface area contributed by atoms with Gasteiger partial charge in [0, 0.05) is 52.2 Å². The second-order valence-electron chi connectivity index (χ2n) is 7.56. The maximum Gasteiger partial charge on any atom is 0.223 e. The minimum absolute atomic E-state index is 0. The monoisotopic (exact) mass is 515 g/mol. The van der Waals surface area contributed by atoms with Gasteiger partial charge in [-0.25, -0.2) is 0 Å². The van der Waals surface area contributed by atoms with Gasteiger partial charge >= 0.3 is 0 Å². The number of phenols is 1. The summed E-state index contributed by atoms with van der Waals surface area (Å²) in [5, 5.41) is 16.5. The van der Waals surface area contributed by atoms with Crippen molar-refractivity contribution < 1.29 is 9.90 Å². The van der Waals surface area contributed by atoms with E-state index in [0.717, 1.165) is 50.7 Å². The summed E-state index contributed by atoms with van der Waals surface area (Å²) >= 11 is 0. The van der Waals surface area contributed by atoms with Crippen LogP contribution in [0.4, 0.5) is 5.69 Å². The first-order chi connectivity index (χ1) is 13.7. The number of nitrogens with zero attached hydrogens (tertiary/aromatic N) is 3. The standard InChI is InChI=1S/C21H33N5O2.HI/c1-22-21(24-12-11-23-20(28)17-7-3-2-4-8-17)26-15-13-25(14-16-26)18-9-5-6-10-19(18)27;/h5-6,9-10,17,27H,2-4,7-8,11-16H2,1H3,(H,22,24)(H,23,28);1H. The molecule has 29 heavy (non-hydrogen) atoms. The molecule has 0 bridgehead atoms. The number of carbonyl (C=O) groups is 1. The van der Waals surface area contributed by atoms with Gasteiger partial charge in [-0.05, 0) is 25.0 Å². The zero-order chi connectivity index (χ0) is 19.8. The average molecular weight is 515 g/mol. The predicted molar refractivity (Wildman–Crippen MR) is 128 cm³/mol. The Morgan fingerprint density at radius 3 is 2.38 bits per heavy atom. The Hall–Kier alpha value is -1.71. The minimum Gasteiger partial charge on any atom is -0.506 e. The van der Waals surface area contributed by atoms with Gasteiger partial charge in [0.2, 0.25) is 5.91 Å². The second-order valence-corrected chi connectivity index (χ2v) is 7.56. The van der Waals surface area contributed by atoms with Crippen LogP contribution in [0.2, 0.25) is 0 Å². The van der Waals surface area contributed by atoms with Crippen LogP contribution in [0.5, 0.6) is 5.75 Å². The fourth-order valence-electron chi connectivity index (χ4n) is 4.09. The molecule has 0 spiro atoms. The summed E-state index contributed by atoms with van der Waals surface area (Å²) in [7, 11) is 1.79. The molecule has 1 aliphatic heterocycles. The molecule has 1 aromatic carbocycles. The highest BCUT2D eigenvalue weighted by molar-refractivity contribution is 14.0. The molecule has 0 radical (unpaired) electrons. The summed E-state index contributed by atoms with van der Waals surface area (Å²) in [5.74, 6) is 1.60. The first kappa shape index (κ1) is 23.6. The minimum atomic E-state index is 0. The van der Waals surface area contributed by atoms with E-state index in [4.69, 9.17) is 0 Å².